The van der Waals surface area contributed by atoms with Gasteiger partial charge < -0.3 is 23.7 Å². The number of anilines is 1. The summed E-state index contributed by atoms with van der Waals surface area (Å²) in [5.74, 6) is -0.143. The van der Waals surface area contributed by atoms with Crippen molar-refractivity contribution in [1.29, 1.82) is 0 Å². The Morgan fingerprint density at radius 2 is 1.89 bits per heavy atom. The minimum Gasteiger partial charge on any atom is -0.482 e. The second-order valence-corrected chi connectivity index (χ2v) is 8.00. The van der Waals surface area contributed by atoms with Crippen molar-refractivity contribution in [2.45, 2.75) is 45.3 Å². The largest absolute Gasteiger partial charge is 0.496 e. The maximum Gasteiger partial charge on any atom is 0.496 e. The summed E-state index contributed by atoms with van der Waals surface area (Å²) < 4.78 is 22.3. The fourth-order valence-electron chi connectivity index (χ4n) is 2.94. The molecule has 0 atom stereocenters. The molecular weight excluding hydrogens is 372 g/mol. The van der Waals surface area contributed by atoms with Gasteiger partial charge in [-0.2, -0.15) is 0 Å². The molecule has 0 unspecified atom stereocenters. The number of hydrogen-bond acceptors (Lipinski definition) is 6. The minimum absolute atomic E-state index is 0.0816. The zero-order valence-electron chi connectivity index (χ0n) is 16.1. The molecule has 1 aromatic rings. The van der Waals surface area contributed by atoms with Crippen molar-refractivity contribution in [1.82, 2.24) is 0 Å². The molecule has 0 aliphatic carbocycles. The third-order valence-corrected chi connectivity index (χ3v) is 5.62. The van der Waals surface area contributed by atoms with Gasteiger partial charge in [0, 0.05) is 17.0 Å². The molecule has 1 fully saturated rings. The van der Waals surface area contributed by atoms with Crippen molar-refractivity contribution in [3.8, 4) is 5.75 Å². The molecule has 0 saturated carbocycles. The zero-order valence-corrected chi connectivity index (χ0v) is 16.9. The third-order valence-electron chi connectivity index (χ3n) is 5.30. The molecule has 0 radical (unpaired) electrons. The highest BCUT2D eigenvalue weighted by Crippen LogP contribution is 2.39. The van der Waals surface area contributed by atoms with Crippen LogP contribution in [0.1, 0.15) is 34.1 Å². The lowest BCUT2D eigenvalue weighted by Gasteiger charge is -2.32. The van der Waals surface area contributed by atoms with E-state index in [1.54, 1.807) is 12.1 Å². The van der Waals surface area contributed by atoms with Gasteiger partial charge in [0.2, 0.25) is 0 Å². The van der Waals surface area contributed by atoms with Crippen molar-refractivity contribution < 1.29 is 28.4 Å². The lowest BCUT2D eigenvalue weighted by atomic mass is 9.78. The van der Waals surface area contributed by atoms with Gasteiger partial charge in [0.05, 0.1) is 30.4 Å². The van der Waals surface area contributed by atoms with Gasteiger partial charge in [0.25, 0.3) is 5.91 Å². The first-order valence-electron chi connectivity index (χ1n) is 8.75. The summed E-state index contributed by atoms with van der Waals surface area (Å²) in [6.07, 6.45) is 0.0816. The number of halogens is 1. The Bertz CT molecular complexity index is 765. The van der Waals surface area contributed by atoms with Crippen molar-refractivity contribution in [3.05, 3.63) is 17.2 Å². The fourth-order valence-corrected chi connectivity index (χ4v) is 3.18. The van der Waals surface area contributed by atoms with E-state index in [0.717, 1.165) is 0 Å². The Labute approximate surface area is 164 Å². The summed E-state index contributed by atoms with van der Waals surface area (Å²) in [4.78, 5) is 25.2. The highest BCUT2D eigenvalue weighted by Gasteiger charge is 2.52. The molecule has 3 rings (SSSR count). The molecule has 0 aromatic heterocycles. The van der Waals surface area contributed by atoms with Crippen LogP contribution in [0.4, 0.5) is 5.69 Å². The Morgan fingerprint density at radius 3 is 2.48 bits per heavy atom. The lowest BCUT2D eigenvalue weighted by molar-refractivity contribution is -0.140. The van der Waals surface area contributed by atoms with Gasteiger partial charge in [0.15, 0.2) is 6.61 Å². The molecule has 27 heavy (non-hydrogen) atoms. The van der Waals surface area contributed by atoms with E-state index in [-0.39, 0.29) is 25.5 Å². The first kappa shape index (κ1) is 20.0. The van der Waals surface area contributed by atoms with E-state index >= 15 is 0 Å². The van der Waals surface area contributed by atoms with Crippen LogP contribution in [0.25, 0.3) is 0 Å². The van der Waals surface area contributed by atoms with E-state index < -0.39 is 24.3 Å². The smallest absolute Gasteiger partial charge is 0.482 e. The van der Waals surface area contributed by atoms with Gasteiger partial charge in [-0.15, -0.1) is 0 Å². The van der Waals surface area contributed by atoms with Crippen LogP contribution in [0.15, 0.2) is 12.1 Å². The number of nitrogens with zero attached hydrogens (tertiary/aromatic N) is 1. The van der Waals surface area contributed by atoms with Crippen molar-refractivity contribution in [2.75, 3.05) is 25.2 Å². The number of carbonyl (C=O) groups is 2. The number of esters is 1. The summed E-state index contributed by atoms with van der Waals surface area (Å²) in [7, 11) is 0.669. The molecule has 1 aromatic carbocycles. The molecule has 0 bridgehead atoms. The number of amides is 1. The van der Waals surface area contributed by atoms with E-state index in [9.17, 15) is 9.59 Å². The van der Waals surface area contributed by atoms with Crippen LogP contribution >= 0.6 is 11.6 Å². The minimum atomic E-state index is -0.641. The molecule has 2 aliphatic rings. The van der Waals surface area contributed by atoms with Gasteiger partial charge in [-0.25, -0.2) is 0 Å². The molecular formula is C18H23BClNO6. The van der Waals surface area contributed by atoms with Gasteiger partial charge in [0.1, 0.15) is 5.75 Å². The van der Waals surface area contributed by atoms with Gasteiger partial charge in [-0.3, -0.25) is 9.59 Å². The summed E-state index contributed by atoms with van der Waals surface area (Å²) in [6.45, 7) is 7.92. The number of carbonyl (C=O) groups excluding carboxylic acids is 2. The van der Waals surface area contributed by atoms with Crippen LogP contribution in [0, 0.1) is 0 Å². The molecule has 2 heterocycles. The van der Waals surface area contributed by atoms with Crippen LogP contribution in [-0.4, -0.2) is 50.5 Å². The standard InChI is InChI=1S/C18H23BClNO6/c1-17(2)18(3,4)27-19(26-17)11-8-14-13(9-12(11)20)21(15(22)10-25-14)7-6-16(23)24-5/h8-9H,6-7,10H2,1-5H3. The SMILES string of the molecule is COC(=O)CCN1C(=O)COc2cc(B3OC(C)(C)C(C)(C)O3)c(Cl)cc21. The van der Waals surface area contributed by atoms with Crippen molar-refractivity contribution in [3.63, 3.8) is 0 Å². The Balaban J connectivity index is 1.90. The van der Waals surface area contributed by atoms with Crippen LogP contribution in [0.2, 0.25) is 5.02 Å². The van der Waals surface area contributed by atoms with E-state index in [2.05, 4.69) is 4.74 Å². The summed E-state index contributed by atoms with van der Waals surface area (Å²) >= 11 is 6.49. The first-order chi connectivity index (χ1) is 12.6. The third kappa shape index (κ3) is 3.66. The number of methoxy groups -OCH3 is 1. The molecule has 9 heteroatoms. The van der Waals surface area contributed by atoms with E-state index in [1.807, 2.05) is 27.7 Å². The van der Waals surface area contributed by atoms with Gasteiger partial charge in [-0.1, -0.05) is 11.6 Å². The van der Waals surface area contributed by atoms with Crippen LogP contribution in [0.5, 0.6) is 5.75 Å². The second-order valence-electron chi connectivity index (χ2n) is 7.59. The molecule has 0 spiro atoms. The molecule has 7 nitrogen and oxygen atoms in total. The Hall–Kier alpha value is -1.77. The van der Waals surface area contributed by atoms with Gasteiger partial charge >= 0.3 is 13.1 Å². The van der Waals surface area contributed by atoms with Crippen LogP contribution in [-0.2, 0) is 23.6 Å². The van der Waals surface area contributed by atoms with E-state index in [4.69, 9.17) is 25.6 Å². The summed E-state index contributed by atoms with van der Waals surface area (Å²) in [6, 6.07) is 3.38. The summed E-state index contributed by atoms with van der Waals surface area (Å²) in [5.41, 5.74) is 0.150. The lowest BCUT2D eigenvalue weighted by Crippen LogP contribution is -2.41. The zero-order chi connectivity index (χ0) is 20.0. The Kier molecular flexibility index (Phi) is 5.18. The van der Waals surface area contributed by atoms with Crippen molar-refractivity contribution in [2.24, 2.45) is 0 Å². The number of rotatable bonds is 4. The van der Waals surface area contributed by atoms with Crippen LogP contribution in [0.3, 0.4) is 0 Å². The van der Waals surface area contributed by atoms with Crippen LogP contribution < -0.4 is 15.1 Å². The van der Waals surface area contributed by atoms with Gasteiger partial charge in [-0.05, 0) is 39.8 Å². The average Bonchev–Trinajstić information content (AvgIpc) is 2.80. The Morgan fingerprint density at radius 1 is 1.26 bits per heavy atom. The maximum atomic E-state index is 12.2. The predicted octanol–water partition coefficient (Wildman–Crippen LogP) is 1.93. The molecule has 0 N–H and O–H groups in total. The monoisotopic (exact) mass is 395 g/mol. The number of benzene rings is 1. The second kappa shape index (κ2) is 7.00. The predicted molar refractivity (Wildman–Crippen MR) is 102 cm³/mol. The van der Waals surface area contributed by atoms with E-state index in [0.29, 0.717) is 21.9 Å². The highest BCUT2D eigenvalue weighted by molar-refractivity contribution is 6.65. The topological polar surface area (TPSA) is 74.3 Å². The fraction of sp³-hybridized carbons (Fsp3) is 0.556. The quantitative estimate of drug-likeness (QED) is 0.573. The van der Waals surface area contributed by atoms with E-state index in [1.165, 1.54) is 12.0 Å². The molecule has 1 amide bonds. The van der Waals surface area contributed by atoms with Crippen molar-refractivity contribution >= 4 is 41.7 Å². The molecule has 146 valence electrons. The number of hydrogen-bond donors (Lipinski definition) is 0. The molecule has 2 aliphatic heterocycles. The highest BCUT2D eigenvalue weighted by atomic mass is 35.5. The summed E-state index contributed by atoms with van der Waals surface area (Å²) in [5, 5.41) is 0.397. The average molecular weight is 396 g/mol. The normalized spacial score (nSPS) is 20.3. The number of fused-ring (bicyclic) bond motifs is 1. The maximum absolute atomic E-state index is 12.2. The number of ether oxygens (including phenoxy) is 2. The first-order valence-corrected chi connectivity index (χ1v) is 9.12. The molecule has 1 saturated heterocycles.